The lowest BCUT2D eigenvalue weighted by Gasteiger charge is -2.32. The van der Waals surface area contributed by atoms with Gasteiger partial charge in [0.1, 0.15) is 4.90 Å². The number of benzene rings is 1. The van der Waals surface area contributed by atoms with Crippen molar-refractivity contribution in [1.82, 2.24) is 4.31 Å². The third-order valence-electron chi connectivity index (χ3n) is 3.70. The number of sulfonamides is 1. The molecule has 0 aliphatic carbocycles. The van der Waals surface area contributed by atoms with Crippen LogP contribution in [0.15, 0.2) is 29.2 Å². The maximum absolute atomic E-state index is 12.6. The minimum atomic E-state index is -3.53. The van der Waals surface area contributed by atoms with E-state index in [1.807, 2.05) is 6.92 Å². The smallest absolute Gasteiger partial charge is 0.244 e. The molecule has 0 radical (unpaired) electrons. The van der Waals surface area contributed by atoms with Crippen molar-refractivity contribution in [3.8, 4) is 6.07 Å². The van der Waals surface area contributed by atoms with Crippen molar-refractivity contribution in [2.75, 3.05) is 32.7 Å². The van der Waals surface area contributed by atoms with Crippen LogP contribution >= 0.6 is 11.6 Å². The normalized spacial score (nSPS) is 19.1. The Balaban J connectivity index is 2.05. The van der Waals surface area contributed by atoms with Gasteiger partial charge in [0.15, 0.2) is 0 Å². The van der Waals surface area contributed by atoms with Gasteiger partial charge in [0, 0.05) is 0 Å². The van der Waals surface area contributed by atoms with Crippen LogP contribution in [-0.4, -0.2) is 45.4 Å². The van der Waals surface area contributed by atoms with Crippen molar-refractivity contribution in [2.45, 2.75) is 11.8 Å². The molecule has 0 bridgehead atoms. The van der Waals surface area contributed by atoms with Gasteiger partial charge in [-0.25, -0.2) is 8.42 Å². The number of nitrogens with zero attached hydrogens (tertiary/aromatic N) is 2. The Kier molecular flexibility index (Phi) is 5.22. The first-order valence-corrected chi connectivity index (χ1v) is 8.75. The molecule has 1 aromatic rings. The number of piperazine rings is 1. The van der Waals surface area contributed by atoms with Gasteiger partial charge in [-0.1, -0.05) is 23.7 Å². The van der Waals surface area contributed by atoms with Crippen LogP contribution in [0.25, 0.3) is 0 Å². The Morgan fingerprint density at radius 1 is 1.38 bits per heavy atom. The average Bonchev–Trinajstić information content (AvgIpc) is 2.48. The molecule has 2 rings (SSSR count). The summed E-state index contributed by atoms with van der Waals surface area (Å²) >= 11 is 6.00. The molecule has 1 saturated heterocycles. The van der Waals surface area contributed by atoms with Gasteiger partial charge in [0.05, 0.1) is 49.7 Å². The first-order valence-electron chi connectivity index (χ1n) is 6.93. The third kappa shape index (κ3) is 3.74. The summed E-state index contributed by atoms with van der Waals surface area (Å²) in [5.74, 6) is -0.00766. The topological polar surface area (TPSA) is 65.6 Å². The highest BCUT2D eigenvalue weighted by Crippen LogP contribution is 2.23. The van der Waals surface area contributed by atoms with Crippen LogP contribution in [0.3, 0.4) is 0 Å². The first-order chi connectivity index (χ1) is 9.95. The van der Waals surface area contributed by atoms with Gasteiger partial charge in [0.25, 0.3) is 0 Å². The maximum atomic E-state index is 12.6. The van der Waals surface area contributed by atoms with Crippen molar-refractivity contribution in [3.05, 3.63) is 29.3 Å². The number of quaternary nitrogens is 1. The van der Waals surface area contributed by atoms with Crippen molar-refractivity contribution < 1.29 is 13.3 Å². The number of hydrogen-bond acceptors (Lipinski definition) is 3. The maximum Gasteiger partial charge on any atom is 0.244 e. The van der Waals surface area contributed by atoms with Gasteiger partial charge in [-0.2, -0.15) is 9.57 Å². The van der Waals surface area contributed by atoms with Crippen LogP contribution in [-0.2, 0) is 10.0 Å². The summed E-state index contributed by atoms with van der Waals surface area (Å²) in [5.41, 5.74) is 0. The number of nitriles is 1. The Labute approximate surface area is 130 Å². The van der Waals surface area contributed by atoms with Crippen LogP contribution in [0.2, 0.25) is 5.02 Å². The molecule has 0 saturated carbocycles. The molecule has 1 aliphatic heterocycles. The minimum Gasteiger partial charge on any atom is -0.332 e. The highest BCUT2D eigenvalue weighted by Gasteiger charge is 2.31. The Bertz CT molecular complexity index is 634. The van der Waals surface area contributed by atoms with Gasteiger partial charge in [-0.15, -0.1) is 0 Å². The molecule has 0 amide bonds. The molecule has 0 unspecified atom stereocenters. The predicted molar refractivity (Wildman–Crippen MR) is 80.6 cm³/mol. The zero-order valence-electron chi connectivity index (χ0n) is 11.9. The molecule has 1 heterocycles. The fourth-order valence-electron chi connectivity index (χ4n) is 2.52. The first kappa shape index (κ1) is 16.2. The van der Waals surface area contributed by atoms with Crippen LogP contribution in [0.1, 0.15) is 6.92 Å². The van der Waals surface area contributed by atoms with E-state index < -0.39 is 10.0 Å². The Hall–Kier alpha value is -1.13. The van der Waals surface area contributed by atoms with E-state index in [4.69, 9.17) is 16.9 Å². The molecule has 1 fully saturated rings. The van der Waals surface area contributed by atoms with E-state index in [1.165, 1.54) is 15.3 Å². The zero-order valence-corrected chi connectivity index (χ0v) is 13.5. The average molecular weight is 329 g/mol. The van der Waals surface area contributed by atoms with Crippen molar-refractivity contribution in [3.63, 3.8) is 0 Å². The second-order valence-corrected chi connectivity index (χ2v) is 7.63. The van der Waals surface area contributed by atoms with Gasteiger partial charge in [0.2, 0.25) is 10.0 Å². The lowest BCUT2D eigenvalue weighted by Crippen LogP contribution is -3.15. The van der Waals surface area contributed by atoms with E-state index in [2.05, 4.69) is 6.07 Å². The lowest BCUT2D eigenvalue weighted by molar-refractivity contribution is -0.905. The van der Waals surface area contributed by atoms with Crippen LogP contribution in [0, 0.1) is 17.2 Å². The highest BCUT2D eigenvalue weighted by molar-refractivity contribution is 7.89. The van der Waals surface area contributed by atoms with Crippen molar-refractivity contribution in [1.29, 1.82) is 5.26 Å². The van der Waals surface area contributed by atoms with E-state index in [0.717, 1.165) is 19.6 Å². The van der Waals surface area contributed by atoms with Crippen molar-refractivity contribution >= 4 is 21.6 Å². The number of halogens is 1. The van der Waals surface area contributed by atoms with E-state index in [1.54, 1.807) is 18.2 Å². The second kappa shape index (κ2) is 6.75. The van der Waals surface area contributed by atoms with Gasteiger partial charge >= 0.3 is 0 Å². The van der Waals surface area contributed by atoms with Crippen LogP contribution in [0.5, 0.6) is 0 Å². The van der Waals surface area contributed by atoms with E-state index in [9.17, 15) is 8.42 Å². The fraction of sp³-hybridized carbons (Fsp3) is 0.500. The van der Waals surface area contributed by atoms with Gasteiger partial charge in [-0.3, -0.25) is 0 Å². The quantitative estimate of drug-likeness (QED) is 0.869. The number of nitrogens with one attached hydrogen (secondary N) is 1. The molecule has 21 heavy (non-hydrogen) atoms. The Morgan fingerprint density at radius 3 is 2.57 bits per heavy atom. The molecule has 114 valence electrons. The van der Waals surface area contributed by atoms with Crippen molar-refractivity contribution in [2.24, 2.45) is 5.92 Å². The molecule has 0 aromatic heterocycles. The largest absolute Gasteiger partial charge is 0.332 e. The zero-order chi connectivity index (χ0) is 15.5. The minimum absolute atomic E-state index is 0.00766. The molecule has 1 aliphatic rings. The highest BCUT2D eigenvalue weighted by atomic mass is 35.5. The number of hydrogen-bond donors (Lipinski definition) is 1. The lowest BCUT2D eigenvalue weighted by atomic mass is 10.2. The monoisotopic (exact) mass is 328 g/mol. The summed E-state index contributed by atoms with van der Waals surface area (Å²) in [6.45, 7) is 5.00. The Morgan fingerprint density at radius 2 is 2.00 bits per heavy atom. The van der Waals surface area contributed by atoms with E-state index >= 15 is 0 Å². The van der Waals surface area contributed by atoms with Crippen LogP contribution in [0.4, 0.5) is 0 Å². The standard InChI is InChI=1S/C14H18ClN3O2S/c1-12(10-16)11-17-6-8-18(9-7-17)21(19,20)14-5-3-2-4-13(14)15/h2-5,12H,6-9,11H2,1H3/p+1/t12-/m1/s1. The molecule has 5 nitrogen and oxygen atoms in total. The number of rotatable bonds is 4. The predicted octanol–water partition coefficient (Wildman–Crippen LogP) is 0.389. The molecule has 0 spiro atoms. The van der Waals surface area contributed by atoms with E-state index in [0.29, 0.717) is 13.1 Å². The molecular weight excluding hydrogens is 310 g/mol. The van der Waals surface area contributed by atoms with E-state index in [-0.39, 0.29) is 15.8 Å². The summed E-state index contributed by atoms with van der Waals surface area (Å²) in [6, 6.07) is 8.73. The van der Waals surface area contributed by atoms with Gasteiger partial charge in [-0.05, 0) is 19.1 Å². The molecule has 1 atom stereocenters. The van der Waals surface area contributed by atoms with Gasteiger partial charge < -0.3 is 4.90 Å². The summed E-state index contributed by atoms with van der Waals surface area (Å²) in [7, 11) is -3.53. The molecule has 1 N–H and O–H groups in total. The fourth-order valence-corrected chi connectivity index (χ4v) is 4.45. The molecular formula is C14H19ClN3O2S+. The second-order valence-electron chi connectivity index (χ2n) is 5.32. The third-order valence-corrected chi connectivity index (χ3v) is 6.10. The summed E-state index contributed by atoms with van der Waals surface area (Å²) in [5, 5.41) is 9.10. The summed E-state index contributed by atoms with van der Waals surface area (Å²) < 4.78 is 26.6. The molecule has 7 heteroatoms. The summed E-state index contributed by atoms with van der Waals surface area (Å²) in [6.07, 6.45) is 0. The van der Waals surface area contributed by atoms with Crippen LogP contribution < -0.4 is 4.90 Å². The SMILES string of the molecule is C[C@H](C#N)C[NH+]1CCN(S(=O)(=O)c2ccccc2Cl)CC1. The summed E-state index contributed by atoms with van der Waals surface area (Å²) in [4.78, 5) is 1.44. The molecule has 1 aromatic carbocycles.